The summed E-state index contributed by atoms with van der Waals surface area (Å²) in [6, 6.07) is 8.95. The van der Waals surface area contributed by atoms with Crippen molar-refractivity contribution in [3.63, 3.8) is 0 Å². The van der Waals surface area contributed by atoms with E-state index in [9.17, 15) is 9.59 Å². The second-order valence-corrected chi connectivity index (χ2v) is 5.93. The van der Waals surface area contributed by atoms with Crippen LogP contribution in [0.4, 0.5) is 5.69 Å². The van der Waals surface area contributed by atoms with Crippen molar-refractivity contribution in [3.05, 3.63) is 40.2 Å². The number of carbonyl (C=O) groups is 2. The molecule has 7 heteroatoms. The van der Waals surface area contributed by atoms with Crippen LogP contribution in [0.15, 0.2) is 30.3 Å². The first-order valence-corrected chi connectivity index (χ1v) is 7.77. The van der Waals surface area contributed by atoms with Crippen molar-refractivity contribution >= 4 is 51.9 Å². The Bertz CT molecular complexity index is 668. The van der Waals surface area contributed by atoms with Crippen LogP contribution < -0.4 is 11.1 Å². The molecule has 21 heavy (non-hydrogen) atoms. The number of anilines is 1. The smallest absolute Gasteiger partial charge is 0.239 e. The van der Waals surface area contributed by atoms with E-state index in [-0.39, 0.29) is 24.1 Å². The second-order valence-electron chi connectivity index (χ2n) is 4.17. The predicted octanol–water partition coefficient (Wildman–Crippen LogP) is 3.39. The highest BCUT2D eigenvalue weighted by Gasteiger charge is 2.17. The van der Waals surface area contributed by atoms with E-state index in [2.05, 4.69) is 5.32 Å². The maximum atomic E-state index is 11.9. The van der Waals surface area contributed by atoms with Crippen LogP contribution in [0.1, 0.15) is 9.67 Å². The number of hydrogen-bond acceptors (Lipinski definition) is 4. The van der Waals surface area contributed by atoms with E-state index in [1.165, 1.54) is 11.3 Å². The van der Waals surface area contributed by atoms with Crippen LogP contribution in [0.3, 0.4) is 0 Å². The quantitative estimate of drug-likeness (QED) is 0.646. The van der Waals surface area contributed by atoms with Gasteiger partial charge in [0.05, 0.1) is 17.1 Å². The molecule has 0 fully saturated rings. The number of alkyl halides is 1. The topological polar surface area (TPSA) is 72.2 Å². The lowest BCUT2D eigenvalue weighted by molar-refractivity contribution is -0.113. The largest absolute Gasteiger partial charge is 0.324 e. The molecule has 0 atom stereocenters. The Morgan fingerprint density at radius 1 is 1.24 bits per heavy atom. The summed E-state index contributed by atoms with van der Waals surface area (Å²) in [5.74, 6) is -0.782. The van der Waals surface area contributed by atoms with Crippen molar-refractivity contribution in [2.45, 2.75) is 0 Å². The first-order chi connectivity index (χ1) is 10.0. The van der Waals surface area contributed by atoms with Gasteiger partial charge in [0, 0.05) is 9.90 Å². The Hall–Kier alpha value is -1.40. The highest BCUT2D eigenvalue weighted by molar-refractivity contribution is 7.18. The lowest BCUT2D eigenvalue weighted by Crippen LogP contribution is -2.17. The molecule has 3 N–H and O–H groups in total. The van der Waals surface area contributed by atoms with Gasteiger partial charge in [-0.3, -0.25) is 9.59 Å². The molecule has 0 spiro atoms. The summed E-state index contributed by atoms with van der Waals surface area (Å²) in [6.45, 7) is -0.121. The zero-order valence-corrected chi connectivity index (χ0v) is 13.2. The van der Waals surface area contributed by atoms with Crippen molar-refractivity contribution in [2.75, 3.05) is 17.7 Å². The molecular weight excluding hydrogens is 331 g/mol. The number of ketones is 1. The summed E-state index contributed by atoms with van der Waals surface area (Å²) in [4.78, 5) is 24.6. The minimum absolute atomic E-state index is 0.121. The average molecular weight is 343 g/mol. The summed E-state index contributed by atoms with van der Waals surface area (Å²) < 4.78 is 0. The van der Waals surface area contributed by atoms with Gasteiger partial charge in [-0.1, -0.05) is 23.7 Å². The fourth-order valence-corrected chi connectivity index (χ4v) is 2.98. The van der Waals surface area contributed by atoms with Crippen LogP contribution in [-0.4, -0.2) is 24.1 Å². The summed E-state index contributed by atoms with van der Waals surface area (Å²) in [7, 11) is 0. The third kappa shape index (κ3) is 3.83. The Kier molecular flexibility index (Phi) is 5.36. The van der Waals surface area contributed by atoms with Gasteiger partial charge in [-0.25, -0.2) is 0 Å². The van der Waals surface area contributed by atoms with Gasteiger partial charge in [-0.15, -0.1) is 22.9 Å². The summed E-state index contributed by atoms with van der Waals surface area (Å²) >= 11 is 12.6. The molecule has 1 amide bonds. The molecule has 0 saturated carbocycles. The summed E-state index contributed by atoms with van der Waals surface area (Å²) in [5, 5.41) is 3.24. The Labute approximate surface area is 135 Å². The zero-order valence-electron chi connectivity index (χ0n) is 10.9. The highest BCUT2D eigenvalue weighted by Crippen LogP contribution is 2.35. The van der Waals surface area contributed by atoms with Crippen LogP contribution >= 0.6 is 34.5 Å². The normalized spacial score (nSPS) is 10.4. The Morgan fingerprint density at radius 2 is 1.90 bits per heavy atom. The van der Waals surface area contributed by atoms with Gasteiger partial charge in [0.2, 0.25) is 5.91 Å². The number of carbonyl (C=O) groups excluding carboxylic acids is 2. The van der Waals surface area contributed by atoms with Crippen molar-refractivity contribution in [3.8, 4) is 10.4 Å². The fourth-order valence-electron chi connectivity index (χ4n) is 1.72. The lowest BCUT2D eigenvalue weighted by Gasteiger charge is -2.02. The maximum Gasteiger partial charge on any atom is 0.239 e. The maximum absolute atomic E-state index is 11.9. The van der Waals surface area contributed by atoms with E-state index in [1.807, 2.05) is 12.1 Å². The van der Waals surface area contributed by atoms with Gasteiger partial charge < -0.3 is 11.1 Å². The highest BCUT2D eigenvalue weighted by atomic mass is 35.5. The van der Waals surface area contributed by atoms with Crippen molar-refractivity contribution in [2.24, 2.45) is 5.73 Å². The molecule has 0 aliphatic heterocycles. The zero-order chi connectivity index (χ0) is 15.4. The van der Waals surface area contributed by atoms with Crippen molar-refractivity contribution in [1.82, 2.24) is 0 Å². The molecule has 0 saturated heterocycles. The number of thiophene rings is 1. The number of nitrogens with one attached hydrogen (secondary N) is 1. The minimum atomic E-state index is -0.372. The monoisotopic (exact) mass is 342 g/mol. The summed E-state index contributed by atoms with van der Waals surface area (Å²) in [6.07, 6.45) is 0. The van der Waals surface area contributed by atoms with Gasteiger partial charge in [0.15, 0.2) is 5.78 Å². The van der Waals surface area contributed by atoms with Gasteiger partial charge in [0.25, 0.3) is 0 Å². The molecule has 0 radical (unpaired) electrons. The number of hydrogen-bond donors (Lipinski definition) is 2. The van der Waals surface area contributed by atoms with E-state index in [0.29, 0.717) is 15.6 Å². The third-order valence-corrected chi connectivity index (χ3v) is 4.41. The SMILES string of the molecule is NCC(=O)c1sc(-c2ccc(Cl)cc2)cc1NC(=O)CCl. The first kappa shape index (κ1) is 16.0. The molecule has 0 aliphatic rings. The molecular formula is C14H12Cl2N2O2S. The molecule has 1 aromatic carbocycles. The Balaban J connectivity index is 2.42. The molecule has 0 bridgehead atoms. The van der Waals surface area contributed by atoms with Crippen LogP contribution in [0.2, 0.25) is 5.02 Å². The Morgan fingerprint density at radius 3 is 2.48 bits per heavy atom. The first-order valence-electron chi connectivity index (χ1n) is 6.04. The van der Waals surface area contributed by atoms with E-state index >= 15 is 0 Å². The molecule has 1 aromatic heterocycles. The van der Waals surface area contributed by atoms with Gasteiger partial charge in [-0.2, -0.15) is 0 Å². The predicted molar refractivity (Wildman–Crippen MR) is 87.5 cm³/mol. The summed E-state index contributed by atoms with van der Waals surface area (Å²) in [5.41, 5.74) is 6.75. The van der Waals surface area contributed by atoms with E-state index in [0.717, 1.165) is 10.4 Å². The van der Waals surface area contributed by atoms with E-state index in [1.54, 1.807) is 18.2 Å². The van der Waals surface area contributed by atoms with Crippen LogP contribution in [0.5, 0.6) is 0 Å². The van der Waals surface area contributed by atoms with E-state index in [4.69, 9.17) is 28.9 Å². The molecule has 110 valence electrons. The molecule has 0 aliphatic carbocycles. The van der Waals surface area contributed by atoms with Crippen LogP contribution in [-0.2, 0) is 4.79 Å². The minimum Gasteiger partial charge on any atom is -0.324 e. The molecule has 2 aromatic rings. The van der Waals surface area contributed by atoms with Crippen LogP contribution in [0, 0.1) is 0 Å². The third-order valence-electron chi connectivity index (χ3n) is 2.69. The van der Waals surface area contributed by atoms with Crippen molar-refractivity contribution in [1.29, 1.82) is 0 Å². The lowest BCUT2D eigenvalue weighted by atomic mass is 10.2. The van der Waals surface area contributed by atoms with Crippen LogP contribution in [0.25, 0.3) is 10.4 Å². The number of benzene rings is 1. The number of Topliss-reactive ketones (excluding diaryl/α,β-unsaturated/α-hetero) is 1. The number of amides is 1. The molecule has 4 nitrogen and oxygen atoms in total. The standard InChI is InChI=1S/C14H12Cl2N2O2S/c15-6-13(20)18-10-5-12(21-14(10)11(19)7-17)8-1-3-9(16)4-2-8/h1-5H,6-7,17H2,(H,18,20). The average Bonchev–Trinajstić information content (AvgIpc) is 2.90. The number of halogens is 2. The number of nitrogens with two attached hydrogens (primary N) is 1. The van der Waals surface area contributed by atoms with Crippen molar-refractivity contribution < 1.29 is 9.59 Å². The number of rotatable bonds is 5. The fraction of sp³-hybridized carbons (Fsp3) is 0.143. The molecule has 0 unspecified atom stereocenters. The second kappa shape index (κ2) is 7.04. The van der Waals surface area contributed by atoms with Gasteiger partial charge in [-0.05, 0) is 23.8 Å². The van der Waals surface area contributed by atoms with Gasteiger partial charge >= 0.3 is 0 Å². The van der Waals surface area contributed by atoms with Gasteiger partial charge in [0.1, 0.15) is 5.88 Å². The molecule has 1 heterocycles. The van der Waals surface area contributed by atoms with E-state index < -0.39 is 0 Å². The molecule has 2 rings (SSSR count).